The first-order chi connectivity index (χ1) is 14.2. The zero-order chi connectivity index (χ0) is 22.3. The molecule has 2 amide bonds. The van der Waals surface area contributed by atoms with E-state index in [0.717, 1.165) is 5.56 Å². The number of rotatable bonds is 9. The molecule has 162 valence electrons. The summed E-state index contributed by atoms with van der Waals surface area (Å²) in [4.78, 5) is 27.0. The normalized spacial score (nSPS) is 11.7. The van der Waals surface area contributed by atoms with Crippen LogP contribution in [0.3, 0.4) is 0 Å². The van der Waals surface area contributed by atoms with Crippen molar-refractivity contribution in [3.8, 4) is 11.5 Å². The van der Waals surface area contributed by atoms with Crippen LogP contribution in [0.2, 0.25) is 10.0 Å². The van der Waals surface area contributed by atoms with Gasteiger partial charge in [0.25, 0.3) is 5.91 Å². The zero-order valence-corrected chi connectivity index (χ0v) is 19.0. The van der Waals surface area contributed by atoms with Gasteiger partial charge in [0.15, 0.2) is 6.61 Å². The number of carbonyl (C=O) groups excluding carboxylic acids is 2. The summed E-state index contributed by atoms with van der Waals surface area (Å²) in [7, 11) is 1.59. The molecule has 2 aromatic carbocycles. The minimum absolute atomic E-state index is 0.0398. The molecule has 0 aliphatic rings. The monoisotopic (exact) mass is 452 g/mol. The van der Waals surface area contributed by atoms with Crippen LogP contribution >= 0.6 is 23.2 Å². The smallest absolute Gasteiger partial charge is 0.261 e. The van der Waals surface area contributed by atoms with Crippen LogP contribution in [0.25, 0.3) is 0 Å². The van der Waals surface area contributed by atoms with Crippen LogP contribution in [-0.4, -0.2) is 42.5 Å². The molecule has 0 aliphatic heterocycles. The number of methoxy groups -OCH3 is 1. The summed E-state index contributed by atoms with van der Waals surface area (Å²) in [6.07, 6.45) is 0. The molecule has 0 saturated heterocycles. The maximum Gasteiger partial charge on any atom is 0.261 e. The Morgan fingerprint density at radius 1 is 1.07 bits per heavy atom. The van der Waals surface area contributed by atoms with Gasteiger partial charge in [-0.2, -0.15) is 0 Å². The lowest BCUT2D eigenvalue weighted by atomic mass is 10.1. The minimum atomic E-state index is -0.689. The summed E-state index contributed by atoms with van der Waals surface area (Å²) in [5.41, 5.74) is 0.859. The lowest BCUT2D eigenvalue weighted by molar-refractivity contribution is -0.142. The number of benzene rings is 2. The van der Waals surface area contributed by atoms with Gasteiger partial charge >= 0.3 is 0 Å². The second kappa shape index (κ2) is 11.1. The Morgan fingerprint density at radius 2 is 1.73 bits per heavy atom. The van der Waals surface area contributed by atoms with Crippen molar-refractivity contribution in [3.63, 3.8) is 0 Å². The standard InChI is InChI=1S/C22H26Cl2N2O4/c1-14(2)25-22(28)15(3)26(12-16-5-8-18(29-4)9-6-16)21(27)13-30-20-10-7-17(23)11-19(20)24/h5-11,14-15H,12-13H2,1-4H3,(H,25,28). The summed E-state index contributed by atoms with van der Waals surface area (Å²) in [6.45, 7) is 5.40. The molecule has 0 aliphatic carbocycles. The van der Waals surface area contributed by atoms with Crippen molar-refractivity contribution >= 4 is 35.0 Å². The Hall–Kier alpha value is -2.44. The first-order valence-corrected chi connectivity index (χ1v) is 10.3. The van der Waals surface area contributed by atoms with E-state index in [2.05, 4.69) is 5.32 Å². The Bertz CT molecular complexity index is 872. The van der Waals surface area contributed by atoms with E-state index in [0.29, 0.717) is 21.5 Å². The van der Waals surface area contributed by atoms with Gasteiger partial charge in [-0.05, 0) is 56.7 Å². The van der Waals surface area contributed by atoms with Crippen LogP contribution in [0.4, 0.5) is 0 Å². The zero-order valence-electron chi connectivity index (χ0n) is 17.4. The van der Waals surface area contributed by atoms with E-state index in [1.807, 2.05) is 26.0 Å². The van der Waals surface area contributed by atoms with Crippen molar-refractivity contribution in [1.29, 1.82) is 0 Å². The molecule has 0 spiro atoms. The Morgan fingerprint density at radius 3 is 2.30 bits per heavy atom. The fraction of sp³-hybridized carbons (Fsp3) is 0.364. The number of halogens is 2. The van der Waals surface area contributed by atoms with Gasteiger partial charge in [-0.1, -0.05) is 35.3 Å². The van der Waals surface area contributed by atoms with Crippen molar-refractivity contribution in [2.24, 2.45) is 0 Å². The predicted octanol–water partition coefficient (Wildman–Crippen LogP) is 4.32. The van der Waals surface area contributed by atoms with Gasteiger partial charge < -0.3 is 19.7 Å². The van der Waals surface area contributed by atoms with Crippen LogP contribution < -0.4 is 14.8 Å². The molecule has 0 aromatic heterocycles. The van der Waals surface area contributed by atoms with Crippen molar-refractivity contribution in [2.45, 2.75) is 39.4 Å². The highest BCUT2D eigenvalue weighted by molar-refractivity contribution is 6.35. The van der Waals surface area contributed by atoms with Crippen LogP contribution in [0, 0.1) is 0 Å². The van der Waals surface area contributed by atoms with Crippen LogP contribution in [0.15, 0.2) is 42.5 Å². The molecule has 30 heavy (non-hydrogen) atoms. The molecule has 1 N–H and O–H groups in total. The molecule has 1 unspecified atom stereocenters. The molecule has 8 heteroatoms. The molecule has 1 atom stereocenters. The number of ether oxygens (including phenoxy) is 2. The highest BCUT2D eigenvalue weighted by Crippen LogP contribution is 2.27. The second-order valence-corrected chi connectivity index (χ2v) is 7.92. The van der Waals surface area contributed by atoms with Gasteiger partial charge in [0, 0.05) is 17.6 Å². The lowest BCUT2D eigenvalue weighted by Crippen LogP contribution is -2.50. The lowest BCUT2D eigenvalue weighted by Gasteiger charge is -2.29. The maximum absolute atomic E-state index is 13.0. The summed E-state index contributed by atoms with van der Waals surface area (Å²) in [6, 6.07) is 11.3. The van der Waals surface area contributed by atoms with Crippen LogP contribution in [0.5, 0.6) is 11.5 Å². The molecule has 2 aromatic rings. The topological polar surface area (TPSA) is 67.9 Å². The number of nitrogens with one attached hydrogen (secondary N) is 1. The van der Waals surface area contributed by atoms with Gasteiger partial charge in [0.05, 0.1) is 12.1 Å². The Kier molecular flexibility index (Phi) is 8.81. The van der Waals surface area contributed by atoms with Gasteiger partial charge in [-0.25, -0.2) is 0 Å². The minimum Gasteiger partial charge on any atom is -0.497 e. The van der Waals surface area contributed by atoms with Gasteiger partial charge in [0.2, 0.25) is 5.91 Å². The molecular formula is C22H26Cl2N2O4. The third kappa shape index (κ3) is 6.82. The first kappa shape index (κ1) is 23.8. The first-order valence-electron chi connectivity index (χ1n) is 9.52. The quantitative estimate of drug-likeness (QED) is 0.614. The highest BCUT2D eigenvalue weighted by atomic mass is 35.5. The average molecular weight is 453 g/mol. The third-order valence-corrected chi connectivity index (χ3v) is 4.89. The van der Waals surface area contributed by atoms with Crippen molar-refractivity contribution in [3.05, 3.63) is 58.1 Å². The SMILES string of the molecule is COc1ccc(CN(C(=O)COc2ccc(Cl)cc2Cl)C(C)C(=O)NC(C)C)cc1. The molecule has 2 rings (SSSR count). The largest absolute Gasteiger partial charge is 0.497 e. The summed E-state index contributed by atoms with van der Waals surface area (Å²) in [5.74, 6) is 0.473. The highest BCUT2D eigenvalue weighted by Gasteiger charge is 2.27. The molecule has 0 heterocycles. The van der Waals surface area contributed by atoms with Crippen LogP contribution in [0.1, 0.15) is 26.3 Å². The Balaban J connectivity index is 2.17. The predicted molar refractivity (Wildman–Crippen MR) is 118 cm³/mol. The fourth-order valence-corrected chi connectivity index (χ4v) is 3.19. The number of nitrogens with zero attached hydrogens (tertiary/aromatic N) is 1. The molecule has 6 nitrogen and oxygen atoms in total. The molecular weight excluding hydrogens is 427 g/mol. The van der Waals surface area contributed by atoms with Crippen molar-refractivity contribution in [2.75, 3.05) is 13.7 Å². The summed E-state index contributed by atoms with van der Waals surface area (Å²) < 4.78 is 10.8. The molecule has 0 fully saturated rings. The van der Waals surface area contributed by atoms with E-state index in [9.17, 15) is 9.59 Å². The number of carbonyl (C=O) groups is 2. The van der Waals surface area contributed by atoms with Gasteiger partial charge in [0.1, 0.15) is 17.5 Å². The van der Waals surface area contributed by atoms with Crippen molar-refractivity contribution in [1.82, 2.24) is 10.2 Å². The molecule has 0 saturated carbocycles. The van der Waals surface area contributed by atoms with Crippen molar-refractivity contribution < 1.29 is 19.1 Å². The number of hydrogen-bond acceptors (Lipinski definition) is 4. The van der Waals surface area contributed by atoms with E-state index in [1.54, 1.807) is 38.3 Å². The van der Waals surface area contributed by atoms with Crippen LogP contribution in [-0.2, 0) is 16.1 Å². The fourth-order valence-electron chi connectivity index (χ4n) is 2.73. The van der Waals surface area contributed by atoms with Gasteiger partial charge in [-0.15, -0.1) is 0 Å². The molecule has 0 bridgehead atoms. The van der Waals surface area contributed by atoms with E-state index < -0.39 is 6.04 Å². The maximum atomic E-state index is 13.0. The summed E-state index contributed by atoms with van der Waals surface area (Å²) >= 11 is 12.0. The van der Waals surface area contributed by atoms with Gasteiger partial charge in [-0.3, -0.25) is 9.59 Å². The number of amides is 2. The van der Waals surface area contributed by atoms with E-state index in [4.69, 9.17) is 32.7 Å². The average Bonchev–Trinajstić information content (AvgIpc) is 2.70. The Labute approximate surface area is 187 Å². The van der Waals surface area contributed by atoms with E-state index in [-0.39, 0.29) is 31.0 Å². The summed E-state index contributed by atoms with van der Waals surface area (Å²) in [5, 5.41) is 3.62. The number of hydrogen-bond donors (Lipinski definition) is 1. The second-order valence-electron chi connectivity index (χ2n) is 7.07. The third-order valence-electron chi connectivity index (χ3n) is 4.36. The van der Waals surface area contributed by atoms with E-state index in [1.165, 1.54) is 11.0 Å². The molecule has 0 radical (unpaired) electrons. The van der Waals surface area contributed by atoms with E-state index >= 15 is 0 Å².